The molecule has 0 unspecified atom stereocenters. The van der Waals surface area contributed by atoms with Crippen LogP contribution < -0.4 is 5.32 Å². The van der Waals surface area contributed by atoms with Crippen molar-refractivity contribution in [3.05, 3.63) is 50.4 Å². The largest absolute Gasteiger partial charge is 0.339 e. The third-order valence-corrected chi connectivity index (χ3v) is 4.21. The number of carbonyl (C=O) groups excluding carboxylic acids is 1. The van der Waals surface area contributed by atoms with Gasteiger partial charge in [-0.2, -0.15) is 0 Å². The second kappa shape index (κ2) is 5.63. The highest BCUT2D eigenvalue weighted by molar-refractivity contribution is 9.10. The molecule has 7 heteroatoms. The topological polar surface area (TPSA) is 34.0 Å². The van der Waals surface area contributed by atoms with Gasteiger partial charge in [0.2, 0.25) is 0 Å². The molecule has 0 atom stereocenters. The van der Waals surface area contributed by atoms with Crippen LogP contribution in [-0.4, -0.2) is 10.5 Å². The normalized spacial score (nSPS) is 14.3. The van der Waals surface area contributed by atoms with Gasteiger partial charge in [0, 0.05) is 22.4 Å². The first-order valence-electron chi connectivity index (χ1n) is 6.29. The minimum atomic E-state index is -0.694. The van der Waals surface area contributed by atoms with E-state index in [1.54, 1.807) is 6.07 Å². The van der Waals surface area contributed by atoms with Crippen LogP contribution in [0.15, 0.2) is 28.9 Å². The number of hydrogen-bond donors (Lipinski definition) is 1. The van der Waals surface area contributed by atoms with E-state index in [0.29, 0.717) is 17.4 Å². The third-order valence-electron chi connectivity index (χ3n) is 3.23. The molecule has 1 aliphatic carbocycles. The Hall–Kier alpha value is -1.04. The van der Waals surface area contributed by atoms with Gasteiger partial charge in [0.1, 0.15) is 5.69 Å². The van der Waals surface area contributed by atoms with Gasteiger partial charge in [-0.3, -0.25) is 4.79 Å². The highest BCUT2D eigenvalue weighted by Gasteiger charge is 2.27. The van der Waals surface area contributed by atoms with Crippen molar-refractivity contribution in [2.24, 2.45) is 0 Å². The van der Waals surface area contributed by atoms with Crippen LogP contribution >= 0.6 is 39.1 Å². The predicted molar refractivity (Wildman–Crippen MR) is 84.8 cm³/mol. The van der Waals surface area contributed by atoms with E-state index in [-0.39, 0.29) is 16.0 Å². The first-order valence-corrected chi connectivity index (χ1v) is 7.84. The maximum Gasteiger partial charge on any atom is 0.272 e. The molecule has 21 heavy (non-hydrogen) atoms. The molecule has 2 aromatic rings. The zero-order valence-corrected chi connectivity index (χ0v) is 13.8. The van der Waals surface area contributed by atoms with E-state index in [2.05, 4.69) is 21.2 Å². The van der Waals surface area contributed by atoms with E-state index in [4.69, 9.17) is 23.2 Å². The number of aromatic nitrogens is 1. The lowest BCUT2D eigenvalue weighted by Crippen LogP contribution is -2.16. The molecule has 110 valence electrons. The van der Waals surface area contributed by atoms with Crippen LogP contribution in [-0.2, 0) is 0 Å². The monoisotopic (exact) mass is 390 g/mol. The van der Waals surface area contributed by atoms with Gasteiger partial charge in [-0.05, 0) is 47.0 Å². The predicted octanol–water partition coefficient (Wildman–Crippen LogP) is 5.28. The maximum absolute atomic E-state index is 13.4. The summed E-state index contributed by atoms with van der Waals surface area (Å²) in [5, 5.41) is 2.43. The molecule has 3 nitrogen and oxygen atoms in total. The van der Waals surface area contributed by atoms with Crippen LogP contribution in [0.1, 0.15) is 29.4 Å². The lowest BCUT2D eigenvalue weighted by atomic mass is 10.3. The SMILES string of the molecule is O=C(Nc1cc(Cl)c(F)c(Cl)c1)c1cc(Br)cn1C1CC1. The summed E-state index contributed by atoms with van der Waals surface area (Å²) in [5.74, 6) is -0.980. The average molecular weight is 392 g/mol. The van der Waals surface area contributed by atoms with Gasteiger partial charge in [-0.1, -0.05) is 23.2 Å². The van der Waals surface area contributed by atoms with Crippen molar-refractivity contribution in [2.75, 3.05) is 5.32 Å². The molecule has 1 aromatic heterocycles. The van der Waals surface area contributed by atoms with Gasteiger partial charge < -0.3 is 9.88 Å². The zero-order valence-electron chi connectivity index (χ0n) is 10.7. The standard InChI is InChI=1S/C14H10BrCl2FN2O/c15-7-3-12(20(6-7)9-1-2-9)14(21)19-8-4-10(16)13(18)11(17)5-8/h3-6,9H,1-2H2,(H,19,21). The fraction of sp³-hybridized carbons (Fsp3) is 0.214. The molecule has 1 saturated carbocycles. The average Bonchev–Trinajstić information content (AvgIpc) is 3.18. The Morgan fingerprint density at radius 2 is 1.90 bits per heavy atom. The summed E-state index contributed by atoms with van der Waals surface area (Å²) >= 11 is 14.8. The maximum atomic E-state index is 13.4. The summed E-state index contributed by atoms with van der Waals surface area (Å²) in [6.45, 7) is 0. The highest BCUT2D eigenvalue weighted by atomic mass is 79.9. The molecule has 0 spiro atoms. The summed E-state index contributed by atoms with van der Waals surface area (Å²) in [5.41, 5.74) is 0.900. The number of nitrogens with one attached hydrogen (secondary N) is 1. The molecule has 0 radical (unpaired) electrons. The van der Waals surface area contributed by atoms with Crippen LogP contribution in [0.4, 0.5) is 10.1 Å². The molecule has 1 heterocycles. The Morgan fingerprint density at radius 3 is 2.48 bits per heavy atom. The number of carbonyl (C=O) groups is 1. The molecule has 0 saturated heterocycles. The van der Waals surface area contributed by atoms with Crippen molar-refractivity contribution >= 4 is 50.7 Å². The Labute approximate surface area is 139 Å². The summed E-state index contributed by atoms with van der Waals surface area (Å²) in [7, 11) is 0. The minimum absolute atomic E-state index is 0.128. The summed E-state index contributed by atoms with van der Waals surface area (Å²) in [4.78, 5) is 12.4. The van der Waals surface area contributed by atoms with Gasteiger partial charge >= 0.3 is 0 Å². The van der Waals surface area contributed by atoms with Crippen molar-refractivity contribution in [2.45, 2.75) is 18.9 Å². The molecule has 1 aliphatic rings. The Balaban J connectivity index is 1.87. The second-order valence-electron chi connectivity index (χ2n) is 4.89. The van der Waals surface area contributed by atoms with E-state index >= 15 is 0 Å². The smallest absolute Gasteiger partial charge is 0.272 e. The second-order valence-corrected chi connectivity index (χ2v) is 6.62. The first-order chi connectivity index (χ1) is 9.95. The molecule has 1 amide bonds. The van der Waals surface area contributed by atoms with E-state index in [1.807, 2.05) is 10.8 Å². The number of hydrogen-bond acceptors (Lipinski definition) is 1. The Bertz CT molecular complexity index is 705. The quantitative estimate of drug-likeness (QED) is 0.709. The Kier molecular flexibility index (Phi) is 3.99. The van der Waals surface area contributed by atoms with Crippen LogP contribution in [0.25, 0.3) is 0 Å². The minimum Gasteiger partial charge on any atom is -0.339 e. The number of amides is 1. The zero-order chi connectivity index (χ0) is 15.1. The van der Waals surface area contributed by atoms with Gasteiger partial charge in [0.25, 0.3) is 5.91 Å². The van der Waals surface area contributed by atoms with E-state index in [1.165, 1.54) is 12.1 Å². The lowest BCUT2D eigenvalue weighted by Gasteiger charge is -2.09. The first kappa shape index (κ1) is 14.9. The van der Waals surface area contributed by atoms with Gasteiger partial charge in [0.15, 0.2) is 5.82 Å². The number of rotatable bonds is 3. The van der Waals surface area contributed by atoms with Gasteiger partial charge in [0.05, 0.1) is 10.0 Å². The van der Waals surface area contributed by atoms with Crippen LogP contribution in [0.3, 0.4) is 0 Å². The molecule has 1 fully saturated rings. The highest BCUT2D eigenvalue weighted by Crippen LogP contribution is 2.37. The number of nitrogens with zero attached hydrogens (tertiary/aromatic N) is 1. The summed E-state index contributed by atoms with van der Waals surface area (Å²) in [6.07, 6.45) is 4.02. The molecular formula is C14H10BrCl2FN2O. The molecular weight excluding hydrogens is 382 g/mol. The molecule has 1 N–H and O–H groups in total. The molecule has 3 rings (SSSR count). The van der Waals surface area contributed by atoms with Crippen molar-refractivity contribution in [1.29, 1.82) is 0 Å². The van der Waals surface area contributed by atoms with Crippen LogP contribution in [0, 0.1) is 5.82 Å². The summed E-state index contributed by atoms with van der Waals surface area (Å²) in [6, 6.07) is 4.79. The Morgan fingerprint density at radius 1 is 1.29 bits per heavy atom. The van der Waals surface area contributed by atoms with Gasteiger partial charge in [-0.25, -0.2) is 4.39 Å². The third kappa shape index (κ3) is 3.10. The fourth-order valence-corrected chi connectivity index (χ4v) is 3.03. The van der Waals surface area contributed by atoms with Crippen molar-refractivity contribution in [1.82, 2.24) is 4.57 Å². The number of anilines is 1. The molecule has 0 aliphatic heterocycles. The van der Waals surface area contributed by atoms with Crippen molar-refractivity contribution < 1.29 is 9.18 Å². The van der Waals surface area contributed by atoms with Gasteiger partial charge in [-0.15, -0.1) is 0 Å². The summed E-state index contributed by atoms with van der Waals surface area (Å²) < 4.78 is 16.1. The van der Waals surface area contributed by atoms with E-state index in [9.17, 15) is 9.18 Å². The molecule has 1 aromatic carbocycles. The van der Waals surface area contributed by atoms with Crippen molar-refractivity contribution in [3.63, 3.8) is 0 Å². The van der Waals surface area contributed by atoms with Crippen LogP contribution in [0.2, 0.25) is 10.0 Å². The van der Waals surface area contributed by atoms with Crippen LogP contribution in [0.5, 0.6) is 0 Å². The lowest BCUT2D eigenvalue weighted by molar-refractivity contribution is 0.101. The number of benzene rings is 1. The number of halogens is 4. The van der Waals surface area contributed by atoms with Crippen molar-refractivity contribution in [3.8, 4) is 0 Å². The van der Waals surface area contributed by atoms with E-state index in [0.717, 1.165) is 17.3 Å². The van der Waals surface area contributed by atoms with E-state index < -0.39 is 5.82 Å². The molecule has 0 bridgehead atoms. The fourth-order valence-electron chi connectivity index (χ4n) is 2.11.